The molecule has 0 saturated heterocycles. The molecule has 0 bridgehead atoms. The zero-order chi connectivity index (χ0) is 11.3. The first-order valence-corrected chi connectivity index (χ1v) is 6.65. The van der Waals surface area contributed by atoms with Crippen LogP contribution in [0.4, 0.5) is 0 Å². The van der Waals surface area contributed by atoms with E-state index in [-0.39, 0.29) is 0 Å². The molecule has 0 amide bonds. The summed E-state index contributed by atoms with van der Waals surface area (Å²) in [5.41, 5.74) is 0. The van der Waals surface area contributed by atoms with Crippen LogP contribution < -0.4 is 0 Å². The molecule has 4 heteroatoms. The number of nitriles is 1. The minimum Gasteiger partial charge on any atom is -0.351 e. The summed E-state index contributed by atoms with van der Waals surface area (Å²) in [5.74, 6) is 0.802. The molecule has 1 saturated carbocycles. The molecule has 1 rings (SSSR count). The van der Waals surface area contributed by atoms with Crippen LogP contribution in [0.3, 0.4) is 0 Å². The lowest BCUT2D eigenvalue weighted by Gasteiger charge is -2.35. The number of hydrogen-bond donors (Lipinski definition) is 0. The predicted octanol–water partition coefficient (Wildman–Crippen LogP) is 2.70. The molecule has 2 atom stereocenters. The van der Waals surface area contributed by atoms with E-state index >= 15 is 0 Å². The number of rotatable bonds is 1. The fourth-order valence-electron chi connectivity index (χ4n) is 2.22. The third kappa shape index (κ3) is 3.42. The average Bonchev–Trinajstić information content (AvgIpc) is 2.25. The van der Waals surface area contributed by atoms with Crippen LogP contribution in [-0.4, -0.2) is 29.4 Å². The molecule has 0 radical (unpaired) electrons. The molecule has 0 aromatic carbocycles. The number of hydrogen-bond acceptors (Lipinski definition) is 3. The van der Waals surface area contributed by atoms with E-state index < -0.39 is 0 Å². The van der Waals surface area contributed by atoms with Crippen LogP contribution >= 0.6 is 11.8 Å². The second-order valence-electron chi connectivity index (χ2n) is 4.24. The molecule has 2 unspecified atom stereocenters. The molecule has 1 aliphatic rings. The number of aliphatic imine (C=N–C) groups is 1. The van der Waals surface area contributed by atoms with E-state index in [0.717, 1.165) is 11.1 Å². The second-order valence-corrected chi connectivity index (χ2v) is 5.01. The van der Waals surface area contributed by atoms with Gasteiger partial charge in [0, 0.05) is 13.1 Å². The summed E-state index contributed by atoms with van der Waals surface area (Å²) >= 11 is 1.55. The van der Waals surface area contributed by atoms with Crippen molar-refractivity contribution in [3.8, 4) is 6.19 Å². The van der Waals surface area contributed by atoms with Gasteiger partial charge in [0.05, 0.1) is 0 Å². The Morgan fingerprint density at radius 2 is 2.27 bits per heavy atom. The van der Waals surface area contributed by atoms with Crippen molar-refractivity contribution in [1.82, 2.24) is 4.90 Å². The fraction of sp³-hybridized carbons (Fsp3) is 0.818. The Bertz CT molecular complexity index is 269. The van der Waals surface area contributed by atoms with Gasteiger partial charge < -0.3 is 4.90 Å². The van der Waals surface area contributed by atoms with E-state index in [1.54, 1.807) is 11.8 Å². The standard InChI is InChI=1S/C11H19N3S/c1-9-5-4-6-10(7-9)14(2)11(15-3)13-8-12/h9-10H,4-7H2,1-3H3. The summed E-state index contributed by atoms with van der Waals surface area (Å²) < 4.78 is 0. The molecule has 0 aromatic rings. The molecule has 0 N–H and O–H groups in total. The van der Waals surface area contributed by atoms with Gasteiger partial charge in [-0.2, -0.15) is 5.26 Å². The first kappa shape index (κ1) is 12.4. The van der Waals surface area contributed by atoms with Gasteiger partial charge in [-0.3, -0.25) is 0 Å². The van der Waals surface area contributed by atoms with Crippen LogP contribution in [-0.2, 0) is 0 Å². The highest BCUT2D eigenvalue weighted by Gasteiger charge is 2.24. The third-order valence-corrected chi connectivity index (χ3v) is 3.83. The molecule has 84 valence electrons. The van der Waals surface area contributed by atoms with Gasteiger partial charge >= 0.3 is 0 Å². The van der Waals surface area contributed by atoms with Gasteiger partial charge in [-0.15, -0.1) is 4.99 Å². The summed E-state index contributed by atoms with van der Waals surface area (Å²) in [4.78, 5) is 6.02. The molecular weight excluding hydrogens is 206 g/mol. The third-order valence-electron chi connectivity index (χ3n) is 3.09. The normalized spacial score (nSPS) is 27.2. The highest BCUT2D eigenvalue weighted by atomic mass is 32.2. The molecule has 0 spiro atoms. The first-order chi connectivity index (χ1) is 7.19. The maximum absolute atomic E-state index is 8.59. The second kappa shape index (κ2) is 6.02. The van der Waals surface area contributed by atoms with Crippen molar-refractivity contribution in [2.45, 2.75) is 38.6 Å². The average molecular weight is 225 g/mol. The first-order valence-electron chi connectivity index (χ1n) is 5.42. The lowest BCUT2D eigenvalue weighted by molar-refractivity contribution is 0.235. The number of thioether (sulfide) groups is 1. The quantitative estimate of drug-likeness (QED) is 0.391. The fourth-order valence-corrected chi connectivity index (χ4v) is 2.79. The van der Waals surface area contributed by atoms with E-state index in [9.17, 15) is 0 Å². The Hall–Kier alpha value is -0.690. The van der Waals surface area contributed by atoms with Crippen molar-refractivity contribution >= 4 is 16.9 Å². The number of amidine groups is 1. The topological polar surface area (TPSA) is 39.4 Å². The van der Waals surface area contributed by atoms with Gasteiger partial charge in [-0.05, 0) is 25.0 Å². The Morgan fingerprint density at radius 3 is 2.80 bits per heavy atom. The van der Waals surface area contributed by atoms with Crippen molar-refractivity contribution in [3.63, 3.8) is 0 Å². The van der Waals surface area contributed by atoms with Crippen molar-refractivity contribution in [2.24, 2.45) is 10.9 Å². The van der Waals surface area contributed by atoms with Crippen LogP contribution in [0.15, 0.2) is 4.99 Å². The Balaban J connectivity index is 2.62. The lowest BCUT2D eigenvalue weighted by Crippen LogP contribution is -2.38. The molecule has 1 fully saturated rings. The number of nitrogens with zero attached hydrogens (tertiary/aromatic N) is 3. The molecule has 1 aliphatic carbocycles. The van der Waals surface area contributed by atoms with Crippen LogP contribution in [0.2, 0.25) is 0 Å². The maximum atomic E-state index is 8.59. The van der Waals surface area contributed by atoms with Gasteiger partial charge in [-0.1, -0.05) is 31.5 Å². The SMILES string of the molecule is CSC(=NC#N)N(C)C1CCCC(C)C1. The lowest BCUT2D eigenvalue weighted by atomic mass is 9.86. The van der Waals surface area contributed by atoms with E-state index in [2.05, 4.69) is 23.9 Å². The molecule has 15 heavy (non-hydrogen) atoms. The van der Waals surface area contributed by atoms with Gasteiger partial charge in [0.1, 0.15) is 0 Å². The van der Waals surface area contributed by atoms with E-state index in [1.165, 1.54) is 25.7 Å². The van der Waals surface area contributed by atoms with Crippen LogP contribution in [0.25, 0.3) is 0 Å². The molecule has 0 aliphatic heterocycles. The van der Waals surface area contributed by atoms with Crippen LogP contribution in [0, 0.1) is 17.4 Å². The largest absolute Gasteiger partial charge is 0.351 e. The summed E-state index contributed by atoms with van der Waals surface area (Å²) in [6.45, 7) is 2.31. The highest BCUT2D eigenvalue weighted by molar-refractivity contribution is 8.13. The van der Waals surface area contributed by atoms with Gasteiger partial charge in [-0.25, -0.2) is 0 Å². The van der Waals surface area contributed by atoms with Gasteiger partial charge in [0.25, 0.3) is 0 Å². The smallest absolute Gasteiger partial charge is 0.208 e. The predicted molar refractivity (Wildman–Crippen MR) is 65.7 cm³/mol. The zero-order valence-electron chi connectivity index (χ0n) is 9.73. The van der Waals surface area contributed by atoms with E-state index in [4.69, 9.17) is 5.26 Å². The van der Waals surface area contributed by atoms with Crippen molar-refractivity contribution < 1.29 is 0 Å². The van der Waals surface area contributed by atoms with Crippen molar-refractivity contribution in [1.29, 1.82) is 5.26 Å². The summed E-state index contributed by atoms with van der Waals surface area (Å²) in [6.07, 6.45) is 8.94. The monoisotopic (exact) mass is 225 g/mol. The van der Waals surface area contributed by atoms with E-state index in [0.29, 0.717) is 6.04 Å². The summed E-state index contributed by atoms with van der Waals surface area (Å²) in [6, 6.07) is 0.563. The minimum atomic E-state index is 0.563. The zero-order valence-corrected chi connectivity index (χ0v) is 10.5. The van der Waals surface area contributed by atoms with Gasteiger partial charge in [0.15, 0.2) is 5.17 Å². The maximum Gasteiger partial charge on any atom is 0.208 e. The summed E-state index contributed by atoms with van der Waals surface area (Å²) in [7, 11) is 2.05. The van der Waals surface area contributed by atoms with Crippen molar-refractivity contribution in [3.05, 3.63) is 0 Å². The van der Waals surface area contributed by atoms with E-state index in [1.807, 2.05) is 12.4 Å². The minimum absolute atomic E-state index is 0.563. The van der Waals surface area contributed by atoms with Crippen LogP contribution in [0.1, 0.15) is 32.6 Å². The Morgan fingerprint density at radius 1 is 1.53 bits per heavy atom. The van der Waals surface area contributed by atoms with Gasteiger partial charge in [0.2, 0.25) is 6.19 Å². The molecular formula is C11H19N3S. The highest BCUT2D eigenvalue weighted by Crippen LogP contribution is 2.27. The van der Waals surface area contributed by atoms with Crippen LogP contribution in [0.5, 0.6) is 0 Å². The molecule has 3 nitrogen and oxygen atoms in total. The summed E-state index contributed by atoms with van der Waals surface area (Å²) in [5, 5.41) is 9.43. The van der Waals surface area contributed by atoms with Crippen molar-refractivity contribution in [2.75, 3.05) is 13.3 Å². The molecule has 0 heterocycles. The Kier molecular flexibility index (Phi) is 4.97. The molecule has 0 aromatic heterocycles. The Labute approximate surface area is 96.6 Å².